The van der Waals surface area contributed by atoms with Crippen LogP contribution in [-0.4, -0.2) is 8.94 Å². The molecule has 0 unspecified atom stereocenters. The summed E-state index contributed by atoms with van der Waals surface area (Å²) in [5.41, 5.74) is 0. The molecule has 0 aliphatic carbocycles. The second-order valence-electron chi connectivity index (χ2n) is 1.40. The highest BCUT2D eigenvalue weighted by atomic mass is 32.1. The van der Waals surface area contributed by atoms with E-state index in [0.717, 1.165) is 6.54 Å². The van der Waals surface area contributed by atoms with E-state index in [1.165, 1.54) is 11.5 Å². The first-order valence-corrected chi connectivity index (χ1v) is 3.17. The predicted octanol–water partition coefficient (Wildman–Crippen LogP) is 0.444. The third-order valence-electron chi connectivity index (χ3n) is 0.927. The van der Waals surface area contributed by atoms with Crippen LogP contribution in [0.15, 0.2) is 6.33 Å². The molecule has 3 nitrogen and oxygen atoms in total. The summed E-state index contributed by atoms with van der Waals surface area (Å²) >= 11 is 1.21. The number of hydrogen-bond donors (Lipinski definition) is 1. The average Bonchev–Trinajstić information content (AvgIpc) is 2.14. The van der Waals surface area contributed by atoms with Crippen LogP contribution in [0.3, 0.4) is 0 Å². The minimum absolute atomic E-state index is 0.521. The van der Waals surface area contributed by atoms with Gasteiger partial charge < -0.3 is 4.57 Å². The maximum absolute atomic E-state index is 7.17. The van der Waals surface area contributed by atoms with Gasteiger partial charge in [0.05, 0.1) is 0 Å². The molecule has 1 heterocycles. The lowest BCUT2D eigenvalue weighted by molar-refractivity contribution is 0.720. The van der Waals surface area contributed by atoms with E-state index in [0.29, 0.717) is 4.80 Å². The molecule has 8 heavy (non-hydrogen) atoms. The van der Waals surface area contributed by atoms with Crippen molar-refractivity contribution in [3.05, 3.63) is 11.1 Å². The molecule has 1 rings (SSSR count). The summed E-state index contributed by atoms with van der Waals surface area (Å²) in [6.07, 6.45) is 1.67. The van der Waals surface area contributed by atoms with Crippen molar-refractivity contribution in [2.24, 2.45) is 0 Å². The summed E-state index contributed by atoms with van der Waals surface area (Å²) < 4.78 is 5.59. The van der Waals surface area contributed by atoms with Gasteiger partial charge in [-0.15, -0.1) is 0 Å². The van der Waals surface area contributed by atoms with Crippen molar-refractivity contribution in [2.75, 3.05) is 0 Å². The Morgan fingerprint density at radius 3 is 3.00 bits per heavy atom. The van der Waals surface area contributed by atoms with E-state index < -0.39 is 0 Å². The zero-order valence-corrected chi connectivity index (χ0v) is 5.40. The second kappa shape index (κ2) is 2.09. The Hall–Kier alpha value is -0.640. The molecule has 0 fully saturated rings. The topological polar surface area (TPSA) is 41.7 Å². The minimum atomic E-state index is 0.521. The van der Waals surface area contributed by atoms with Crippen LogP contribution in [0.2, 0.25) is 0 Å². The van der Waals surface area contributed by atoms with Gasteiger partial charge in [0.25, 0.3) is 0 Å². The molecule has 0 radical (unpaired) electrons. The first kappa shape index (κ1) is 5.50. The molecule has 0 bridgehead atoms. The lowest BCUT2D eigenvalue weighted by Crippen LogP contribution is -2.09. The SMILES string of the molecule is CCn1cnsc1=N. The fraction of sp³-hybridized carbons (Fsp3) is 0.500. The van der Waals surface area contributed by atoms with Crippen LogP contribution in [-0.2, 0) is 6.54 Å². The quantitative estimate of drug-likeness (QED) is 0.587. The zero-order valence-electron chi connectivity index (χ0n) is 4.59. The second-order valence-corrected chi connectivity index (χ2v) is 2.18. The third-order valence-corrected chi connectivity index (χ3v) is 1.53. The molecule has 1 aromatic heterocycles. The van der Waals surface area contributed by atoms with Gasteiger partial charge in [0, 0.05) is 18.1 Å². The van der Waals surface area contributed by atoms with Gasteiger partial charge in [-0.3, -0.25) is 5.41 Å². The highest BCUT2D eigenvalue weighted by Crippen LogP contribution is 1.79. The minimum Gasteiger partial charge on any atom is -0.307 e. The lowest BCUT2D eigenvalue weighted by Gasteiger charge is -1.87. The van der Waals surface area contributed by atoms with Crippen molar-refractivity contribution in [1.82, 2.24) is 8.94 Å². The number of rotatable bonds is 1. The summed E-state index contributed by atoms with van der Waals surface area (Å²) in [5, 5.41) is 7.17. The molecular formula is C4H7N3S. The molecular weight excluding hydrogens is 122 g/mol. The van der Waals surface area contributed by atoms with Crippen LogP contribution < -0.4 is 4.80 Å². The maximum atomic E-state index is 7.17. The summed E-state index contributed by atoms with van der Waals surface area (Å²) in [4.78, 5) is 0.521. The largest absolute Gasteiger partial charge is 0.307 e. The van der Waals surface area contributed by atoms with E-state index in [9.17, 15) is 0 Å². The summed E-state index contributed by atoms with van der Waals surface area (Å²) in [5.74, 6) is 0. The summed E-state index contributed by atoms with van der Waals surface area (Å²) in [7, 11) is 0. The Morgan fingerprint density at radius 1 is 2.00 bits per heavy atom. The molecule has 0 amide bonds. The van der Waals surface area contributed by atoms with Gasteiger partial charge in [0.2, 0.25) is 4.80 Å². The van der Waals surface area contributed by atoms with Crippen LogP contribution in [0.5, 0.6) is 0 Å². The van der Waals surface area contributed by atoms with E-state index in [4.69, 9.17) is 5.41 Å². The van der Waals surface area contributed by atoms with E-state index >= 15 is 0 Å². The molecule has 0 spiro atoms. The van der Waals surface area contributed by atoms with E-state index in [1.54, 1.807) is 10.9 Å². The molecule has 4 heteroatoms. The number of nitrogens with zero attached hydrogens (tertiary/aromatic N) is 2. The van der Waals surface area contributed by atoms with E-state index in [2.05, 4.69) is 4.37 Å². The van der Waals surface area contributed by atoms with Crippen molar-refractivity contribution in [3.63, 3.8) is 0 Å². The Morgan fingerprint density at radius 2 is 2.75 bits per heavy atom. The van der Waals surface area contributed by atoms with Crippen LogP contribution in [0.4, 0.5) is 0 Å². The Labute approximate surface area is 51.3 Å². The van der Waals surface area contributed by atoms with Crippen LogP contribution in [0, 0.1) is 5.41 Å². The lowest BCUT2D eigenvalue weighted by atomic mass is 10.7. The standard InChI is InChI=1S/C4H7N3S/c1-2-7-3-6-8-4(7)5/h3,5H,2H2,1H3. The van der Waals surface area contributed by atoms with Crippen molar-refractivity contribution >= 4 is 11.5 Å². The number of aromatic nitrogens is 2. The molecule has 1 aromatic rings. The van der Waals surface area contributed by atoms with Crippen molar-refractivity contribution in [1.29, 1.82) is 5.41 Å². The number of nitrogens with one attached hydrogen (secondary N) is 1. The first-order chi connectivity index (χ1) is 3.84. The van der Waals surface area contributed by atoms with Gasteiger partial charge in [-0.1, -0.05) is 0 Å². The van der Waals surface area contributed by atoms with Crippen molar-refractivity contribution in [3.8, 4) is 0 Å². The summed E-state index contributed by atoms with van der Waals surface area (Å²) in [6, 6.07) is 0. The van der Waals surface area contributed by atoms with E-state index in [1.807, 2.05) is 6.92 Å². The van der Waals surface area contributed by atoms with Crippen LogP contribution in [0.1, 0.15) is 6.92 Å². The molecule has 44 valence electrons. The fourth-order valence-corrected chi connectivity index (χ4v) is 1.00. The zero-order chi connectivity index (χ0) is 5.98. The molecule has 1 N–H and O–H groups in total. The Kier molecular flexibility index (Phi) is 1.43. The first-order valence-electron chi connectivity index (χ1n) is 2.40. The van der Waals surface area contributed by atoms with Crippen molar-refractivity contribution < 1.29 is 0 Å². The number of hydrogen-bond acceptors (Lipinski definition) is 3. The smallest absolute Gasteiger partial charge is 0.201 e. The normalized spacial score (nSPS) is 9.62. The summed E-state index contributed by atoms with van der Waals surface area (Å²) in [6.45, 7) is 2.84. The highest BCUT2D eigenvalue weighted by Gasteiger charge is 1.86. The van der Waals surface area contributed by atoms with Gasteiger partial charge in [0.15, 0.2) is 0 Å². The van der Waals surface area contributed by atoms with E-state index in [-0.39, 0.29) is 0 Å². The average molecular weight is 129 g/mol. The maximum Gasteiger partial charge on any atom is 0.201 e. The van der Waals surface area contributed by atoms with Gasteiger partial charge in [-0.05, 0) is 6.92 Å². The fourth-order valence-electron chi connectivity index (χ4n) is 0.461. The van der Waals surface area contributed by atoms with Crippen molar-refractivity contribution in [2.45, 2.75) is 13.5 Å². The van der Waals surface area contributed by atoms with Crippen LogP contribution in [0.25, 0.3) is 0 Å². The third kappa shape index (κ3) is 0.790. The Bertz CT molecular complexity index is 211. The molecule has 0 aromatic carbocycles. The molecule has 0 atom stereocenters. The molecule has 0 saturated carbocycles. The monoisotopic (exact) mass is 129 g/mol. The van der Waals surface area contributed by atoms with Gasteiger partial charge >= 0.3 is 0 Å². The number of aryl methyl sites for hydroxylation is 1. The predicted molar refractivity (Wildman–Crippen MR) is 31.6 cm³/mol. The molecule has 0 saturated heterocycles. The van der Waals surface area contributed by atoms with Gasteiger partial charge in [-0.2, -0.15) is 4.37 Å². The Balaban J connectivity index is 3.11. The molecule has 0 aliphatic heterocycles. The van der Waals surface area contributed by atoms with Gasteiger partial charge in [-0.25, -0.2) is 0 Å². The van der Waals surface area contributed by atoms with Crippen LogP contribution >= 0.6 is 11.5 Å². The highest BCUT2D eigenvalue weighted by molar-refractivity contribution is 7.02. The molecule has 0 aliphatic rings. The van der Waals surface area contributed by atoms with Gasteiger partial charge in [0.1, 0.15) is 6.33 Å².